The average Bonchev–Trinajstić information content (AvgIpc) is 1.87. The average molecular weight is 156 g/mol. The minimum Gasteiger partial charge on any atom is -0.450 e. The summed E-state index contributed by atoms with van der Waals surface area (Å²) in [6.45, 7) is 11.5. The molecule has 0 saturated heterocycles. The first kappa shape index (κ1) is 8.87. The molecule has 0 unspecified atom stereocenters. The van der Waals surface area contributed by atoms with Crippen LogP contribution >= 0.6 is 0 Å². The van der Waals surface area contributed by atoms with Gasteiger partial charge in [0.25, 0.3) is 0 Å². The van der Waals surface area contributed by atoms with Crippen LogP contribution in [0.1, 0.15) is 0 Å². The predicted octanol–water partition coefficient (Wildman–Crippen LogP) is 1.70. The molecule has 1 nitrogen and oxygen atoms in total. The number of hydrogen-bond donors (Lipinski definition) is 0. The van der Waals surface area contributed by atoms with E-state index in [1.807, 2.05) is 11.4 Å². The smallest absolute Gasteiger partial charge is 0.223 e. The van der Waals surface area contributed by atoms with Gasteiger partial charge in [-0.1, -0.05) is 11.4 Å². The van der Waals surface area contributed by atoms with Gasteiger partial charge in [-0.25, -0.2) is 0 Å². The van der Waals surface area contributed by atoms with Crippen LogP contribution in [0, 0.1) is 0 Å². The molecule has 0 bridgehead atoms. The molecule has 0 aliphatic heterocycles. The van der Waals surface area contributed by atoms with Gasteiger partial charge >= 0.3 is 0 Å². The molecule has 50 valence electrons. The largest absolute Gasteiger partial charge is 0.450 e. The second-order valence-electron chi connectivity index (χ2n) is 1.73. The van der Waals surface area contributed by atoms with E-state index in [1.165, 1.54) is 0 Å². The van der Waals surface area contributed by atoms with Crippen LogP contribution in [0.4, 0.5) is 0 Å². The van der Waals surface area contributed by atoms with Gasteiger partial charge in [0.05, 0.1) is 0 Å². The Morgan fingerprint density at radius 2 is 1.44 bits per heavy atom. The van der Waals surface area contributed by atoms with Gasteiger partial charge in [0.15, 0.2) is 0 Å². The molecule has 0 heterocycles. The molecular weight excluding hydrogens is 144 g/mol. The summed E-state index contributed by atoms with van der Waals surface area (Å²) in [5.41, 5.74) is 3.78. The van der Waals surface area contributed by atoms with Gasteiger partial charge in [0.1, 0.15) is 0 Å². The molecule has 0 aromatic carbocycles. The normalized spacial score (nSPS) is 10.2. The summed E-state index contributed by atoms with van der Waals surface area (Å²) in [5, 5.41) is 0. The Bertz CT molecular complexity index is 91.2. The molecule has 0 amide bonds. The molecule has 2 radical (unpaired) electrons. The van der Waals surface area contributed by atoms with Crippen molar-refractivity contribution in [3.05, 3.63) is 24.6 Å². The highest BCUT2D eigenvalue weighted by Crippen LogP contribution is 1.91. The topological polar surface area (TPSA) is 9.23 Å². The van der Waals surface area contributed by atoms with Crippen molar-refractivity contribution in [1.82, 2.24) is 0 Å². The lowest BCUT2D eigenvalue weighted by atomic mass is 11.3. The Labute approximate surface area is 60.5 Å². The quantitative estimate of drug-likeness (QED) is 0.563. The van der Waals surface area contributed by atoms with Crippen molar-refractivity contribution in [2.45, 2.75) is 13.1 Å². The van der Waals surface area contributed by atoms with Crippen molar-refractivity contribution >= 4 is 18.1 Å². The van der Waals surface area contributed by atoms with Crippen molar-refractivity contribution in [1.29, 1.82) is 0 Å². The van der Waals surface area contributed by atoms with E-state index in [0.29, 0.717) is 0 Å². The molecule has 0 N–H and O–H groups in total. The summed E-state index contributed by atoms with van der Waals surface area (Å²) in [6, 6.07) is 0. The Hall–Kier alpha value is -0.126. The van der Waals surface area contributed by atoms with E-state index in [2.05, 4.69) is 26.3 Å². The van der Waals surface area contributed by atoms with Gasteiger partial charge in [-0.2, -0.15) is 0 Å². The first-order chi connectivity index (χ1) is 4.20. The highest BCUT2D eigenvalue weighted by atomic mass is 28.4. The predicted molar refractivity (Wildman–Crippen MR) is 44.7 cm³/mol. The maximum absolute atomic E-state index is 5.52. The van der Waals surface area contributed by atoms with Gasteiger partial charge in [0.2, 0.25) is 18.1 Å². The lowest BCUT2D eigenvalue weighted by Crippen LogP contribution is -2.20. The molecule has 0 atom stereocenters. The van der Waals surface area contributed by atoms with E-state index >= 15 is 0 Å². The van der Waals surface area contributed by atoms with Crippen LogP contribution in [0.3, 0.4) is 0 Å². The van der Waals surface area contributed by atoms with Crippen LogP contribution in [0.15, 0.2) is 24.6 Å². The van der Waals surface area contributed by atoms with E-state index in [-0.39, 0.29) is 0 Å². The maximum atomic E-state index is 5.52. The molecule has 0 aromatic rings. The maximum Gasteiger partial charge on any atom is 0.223 e. The van der Waals surface area contributed by atoms with Gasteiger partial charge in [-0.05, 0) is 13.1 Å². The zero-order chi connectivity index (χ0) is 7.28. The minimum atomic E-state index is -0.702. The molecular formula is C6H12OSi2. The van der Waals surface area contributed by atoms with Crippen LogP contribution in [-0.4, -0.2) is 18.1 Å². The summed E-state index contributed by atoms with van der Waals surface area (Å²) in [4.78, 5) is 0. The molecule has 0 rings (SSSR count). The van der Waals surface area contributed by atoms with E-state index in [0.717, 1.165) is 0 Å². The summed E-state index contributed by atoms with van der Waals surface area (Å²) in [5.74, 6) is 0. The number of rotatable bonds is 4. The highest BCUT2D eigenvalue weighted by Gasteiger charge is 2.04. The van der Waals surface area contributed by atoms with Crippen LogP contribution < -0.4 is 0 Å². The van der Waals surface area contributed by atoms with Crippen molar-refractivity contribution in [2.75, 3.05) is 0 Å². The van der Waals surface area contributed by atoms with Crippen LogP contribution in [-0.2, 0) is 4.12 Å². The molecule has 0 aliphatic rings. The monoisotopic (exact) mass is 156 g/mol. The van der Waals surface area contributed by atoms with Gasteiger partial charge in [0, 0.05) is 0 Å². The molecule has 0 aliphatic carbocycles. The molecule has 0 saturated carbocycles. The second kappa shape index (κ2) is 4.72. The lowest BCUT2D eigenvalue weighted by molar-refractivity contribution is 0.619. The first-order valence-corrected chi connectivity index (χ1v) is 6.77. The zero-order valence-electron chi connectivity index (χ0n) is 5.98. The third-order valence-corrected chi connectivity index (χ3v) is 4.62. The van der Waals surface area contributed by atoms with Crippen molar-refractivity contribution < 1.29 is 4.12 Å². The van der Waals surface area contributed by atoms with E-state index in [9.17, 15) is 0 Å². The Balaban J connectivity index is 3.45. The third kappa shape index (κ3) is 4.38. The Morgan fingerprint density at radius 3 is 1.67 bits per heavy atom. The zero-order valence-corrected chi connectivity index (χ0v) is 7.98. The fraction of sp³-hybridized carbons (Fsp3) is 0.333. The summed E-state index contributed by atoms with van der Waals surface area (Å²) >= 11 is 0. The van der Waals surface area contributed by atoms with Gasteiger partial charge in [-0.15, -0.1) is 13.2 Å². The van der Waals surface area contributed by atoms with Crippen LogP contribution in [0.5, 0.6) is 0 Å². The molecule has 9 heavy (non-hydrogen) atoms. The molecule has 0 fully saturated rings. The van der Waals surface area contributed by atoms with Crippen LogP contribution in [0.2, 0.25) is 13.1 Å². The van der Waals surface area contributed by atoms with E-state index in [4.69, 9.17) is 4.12 Å². The highest BCUT2D eigenvalue weighted by molar-refractivity contribution is 6.69. The molecule has 3 heteroatoms. The number of hydrogen-bond acceptors (Lipinski definition) is 1. The van der Waals surface area contributed by atoms with Gasteiger partial charge < -0.3 is 4.12 Å². The Morgan fingerprint density at radius 1 is 1.11 bits per heavy atom. The van der Waals surface area contributed by atoms with E-state index in [1.54, 1.807) is 0 Å². The van der Waals surface area contributed by atoms with Crippen molar-refractivity contribution in [3.8, 4) is 0 Å². The molecule has 0 aromatic heterocycles. The summed E-state index contributed by atoms with van der Waals surface area (Å²) in [6.07, 6.45) is 0. The van der Waals surface area contributed by atoms with Crippen molar-refractivity contribution in [2.24, 2.45) is 0 Å². The van der Waals surface area contributed by atoms with Gasteiger partial charge in [-0.3, -0.25) is 0 Å². The summed E-state index contributed by atoms with van der Waals surface area (Å²) < 4.78 is 5.52. The molecule has 0 spiro atoms. The second-order valence-corrected chi connectivity index (χ2v) is 5.81. The Kier molecular flexibility index (Phi) is 4.66. The lowest BCUT2D eigenvalue weighted by Gasteiger charge is -2.07. The summed E-state index contributed by atoms with van der Waals surface area (Å²) in [7, 11) is -1.40. The standard InChI is InChI=1S/C6H12OSi2/c1-5-8(3)7-9(4)6-2/h5-6H,1-2H2,3-4H3. The van der Waals surface area contributed by atoms with Crippen molar-refractivity contribution in [3.63, 3.8) is 0 Å². The minimum absolute atomic E-state index is 0.702. The first-order valence-electron chi connectivity index (χ1n) is 2.80. The fourth-order valence-corrected chi connectivity index (χ4v) is 3.04. The van der Waals surface area contributed by atoms with Crippen LogP contribution in [0.25, 0.3) is 0 Å². The SMILES string of the molecule is C=C[Si](C)O[Si](C)C=C. The fourth-order valence-electron chi connectivity index (χ4n) is 0.337. The van der Waals surface area contributed by atoms with E-state index < -0.39 is 18.1 Å². The third-order valence-electron chi connectivity index (χ3n) is 0.897.